The number of piperidine rings is 1. The second kappa shape index (κ2) is 10.0. The Bertz CT molecular complexity index is 630. The number of ether oxygens (including phenoxy) is 1. The molecule has 2 saturated heterocycles. The molecule has 0 aromatic heterocycles. The van der Waals surface area contributed by atoms with E-state index in [2.05, 4.69) is 27.1 Å². The highest BCUT2D eigenvalue weighted by Gasteiger charge is 2.24. The third-order valence-electron chi connectivity index (χ3n) is 5.67. The SMILES string of the molecule is Cc1ccc(NC(=S)N2CCC(N(C)CCN3CCOCC3)CC2)cc1Cl. The molecule has 27 heavy (non-hydrogen) atoms. The Kier molecular flexibility index (Phi) is 7.73. The molecular weight excluding hydrogens is 380 g/mol. The Balaban J connectivity index is 1.40. The van der Waals surface area contributed by atoms with Crippen LogP contribution in [-0.4, -0.2) is 85.4 Å². The number of likely N-dealkylation sites (tertiary alicyclic amines) is 1. The van der Waals surface area contributed by atoms with Crippen molar-refractivity contribution in [1.29, 1.82) is 0 Å². The Morgan fingerprint density at radius 1 is 1.26 bits per heavy atom. The van der Waals surface area contributed by atoms with E-state index in [1.165, 1.54) is 0 Å². The first-order valence-corrected chi connectivity index (χ1v) is 10.6. The molecular formula is C20H31ClN4OS. The Morgan fingerprint density at radius 3 is 2.63 bits per heavy atom. The van der Waals surface area contributed by atoms with Crippen molar-refractivity contribution in [3.05, 3.63) is 28.8 Å². The minimum absolute atomic E-state index is 0.638. The summed E-state index contributed by atoms with van der Waals surface area (Å²) in [6.07, 6.45) is 2.30. The smallest absolute Gasteiger partial charge is 0.173 e. The standard InChI is InChI=1S/C20H31ClN4OS/c1-16-3-4-17(15-19(16)21)22-20(27)25-7-5-18(6-8-25)23(2)9-10-24-11-13-26-14-12-24/h3-4,15,18H,5-14H2,1-2H3,(H,22,27). The molecule has 0 atom stereocenters. The van der Waals surface area contributed by atoms with Crippen molar-refractivity contribution in [1.82, 2.24) is 14.7 Å². The molecule has 0 saturated carbocycles. The first-order chi connectivity index (χ1) is 13.0. The van der Waals surface area contributed by atoms with Gasteiger partial charge in [0.15, 0.2) is 5.11 Å². The molecule has 2 aliphatic heterocycles. The average Bonchev–Trinajstić information content (AvgIpc) is 2.70. The third kappa shape index (κ3) is 6.03. The van der Waals surface area contributed by atoms with E-state index in [9.17, 15) is 0 Å². The zero-order valence-electron chi connectivity index (χ0n) is 16.4. The van der Waals surface area contributed by atoms with E-state index in [-0.39, 0.29) is 0 Å². The molecule has 2 fully saturated rings. The van der Waals surface area contributed by atoms with Crippen LogP contribution in [0.4, 0.5) is 5.69 Å². The molecule has 0 aliphatic carbocycles. The summed E-state index contributed by atoms with van der Waals surface area (Å²) in [5, 5.41) is 4.90. The number of likely N-dealkylation sites (N-methyl/N-ethyl adjacent to an activating group) is 1. The number of halogens is 1. The minimum Gasteiger partial charge on any atom is -0.379 e. The summed E-state index contributed by atoms with van der Waals surface area (Å²) >= 11 is 11.8. The number of aryl methyl sites for hydroxylation is 1. The molecule has 7 heteroatoms. The van der Waals surface area contributed by atoms with Crippen LogP contribution in [0.25, 0.3) is 0 Å². The van der Waals surface area contributed by atoms with Gasteiger partial charge >= 0.3 is 0 Å². The largest absolute Gasteiger partial charge is 0.379 e. The van der Waals surface area contributed by atoms with Crippen LogP contribution in [0.2, 0.25) is 5.02 Å². The van der Waals surface area contributed by atoms with Crippen LogP contribution in [-0.2, 0) is 4.74 Å². The maximum absolute atomic E-state index is 6.21. The minimum atomic E-state index is 0.638. The van der Waals surface area contributed by atoms with Gasteiger partial charge in [-0.1, -0.05) is 17.7 Å². The van der Waals surface area contributed by atoms with Crippen molar-refractivity contribution in [2.45, 2.75) is 25.8 Å². The summed E-state index contributed by atoms with van der Waals surface area (Å²) in [5.41, 5.74) is 2.04. The number of benzene rings is 1. The summed E-state index contributed by atoms with van der Waals surface area (Å²) in [6.45, 7) is 10.1. The highest BCUT2D eigenvalue weighted by atomic mass is 35.5. The van der Waals surface area contributed by atoms with Gasteiger partial charge in [0.1, 0.15) is 0 Å². The average molecular weight is 411 g/mol. The van der Waals surface area contributed by atoms with Gasteiger partial charge in [-0.25, -0.2) is 0 Å². The predicted molar refractivity (Wildman–Crippen MR) is 117 cm³/mol. The lowest BCUT2D eigenvalue weighted by atomic mass is 10.0. The molecule has 0 unspecified atom stereocenters. The van der Waals surface area contributed by atoms with E-state index >= 15 is 0 Å². The van der Waals surface area contributed by atoms with Gasteiger partial charge in [-0.05, 0) is 56.7 Å². The molecule has 3 rings (SSSR count). The van der Waals surface area contributed by atoms with Crippen LogP contribution >= 0.6 is 23.8 Å². The Hall–Kier alpha value is -0.920. The second-order valence-corrected chi connectivity index (χ2v) is 8.34. The van der Waals surface area contributed by atoms with E-state index in [1.807, 2.05) is 25.1 Å². The maximum Gasteiger partial charge on any atom is 0.173 e. The fraction of sp³-hybridized carbons (Fsp3) is 0.650. The van der Waals surface area contributed by atoms with Gasteiger partial charge in [-0.15, -0.1) is 0 Å². The topological polar surface area (TPSA) is 31.0 Å². The van der Waals surface area contributed by atoms with Crippen molar-refractivity contribution >= 4 is 34.6 Å². The zero-order chi connectivity index (χ0) is 19.2. The number of thiocarbonyl (C=S) groups is 1. The van der Waals surface area contributed by atoms with Gasteiger partial charge in [-0.3, -0.25) is 4.90 Å². The lowest BCUT2D eigenvalue weighted by molar-refractivity contribution is 0.0311. The van der Waals surface area contributed by atoms with Gasteiger partial charge in [0.25, 0.3) is 0 Å². The fourth-order valence-corrected chi connectivity index (χ4v) is 4.17. The Labute approximate surface area is 173 Å². The molecule has 0 amide bonds. The van der Waals surface area contributed by atoms with Gasteiger partial charge in [-0.2, -0.15) is 0 Å². The van der Waals surface area contributed by atoms with Crippen LogP contribution in [0, 0.1) is 6.92 Å². The van der Waals surface area contributed by atoms with Crippen molar-refractivity contribution in [3.8, 4) is 0 Å². The van der Waals surface area contributed by atoms with Crippen LogP contribution in [0.3, 0.4) is 0 Å². The number of nitrogens with zero attached hydrogens (tertiary/aromatic N) is 3. The number of hydrogen-bond acceptors (Lipinski definition) is 4. The number of rotatable bonds is 5. The van der Waals surface area contributed by atoms with Crippen molar-refractivity contribution in [2.75, 3.05) is 64.8 Å². The summed E-state index contributed by atoms with van der Waals surface area (Å²) < 4.78 is 5.43. The van der Waals surface area contributed by atoms with Crippen LogP contribution < -0.4 is 5.32 Å². The summed E-state index contributed by atoms with van der Waals surface area (Å²) in [6, 6.07) is 6.62. The van der Waals surface area contributed by atoms with Crippen LogP contribution in [0.1, 0.15) is 18.4 Å². The number of anilines is 1. The maximum atomic E-state index is 6.21. The highest BCUT2D eigenvalue weighted by Crippen LogP contribution is 2.21. The normalized spacial score (nSPS) is 19.5. The van der Waals surface area contributed by atoms with E-state index in [0.29, 0.717) is 6.04 Å². The van der Waals surface area contributed by atoms with Crippen LogP contribution in [0.15, 0.2) is 18.2 Å². The first-order valence-electron chi connectivity index (χ1n) is 9.85. The number of morpholine rings is 1. The molecule has 5 nitrogen and oxygen atoms in total. The molecule has 1 N–H and O–H groups in total. The van der Waals surface area contributed by atoms with Crippen molar-refractivity contribution in [2.24, 2.45) is 0 Å². The summed E-state index contributed by atoms with van der Waals surface area (Å²) in [7, 11) is 2.26. The highest BCUT2D eigenvalue weighted by molar-refractivity contribution is 7.80. The summed E-state index contributed by atoms with van der Waals surface area (Å²) in [5.74, 6) is 0. The van der Waals surface area contributed by atoms with E-state index in [4.69, 9.17) is 28.6 Å². The van der Waals surface area contributed by atoms with Crippen molar-refractivity contribution < 1.29 is 4.74 Å². The lowest BCUT2D eigenvalue weighted by Crippen LogP contribution is -2.48. The molecule has 2 aliphatic rings. The molecule has 0 spiro atoms. The van der Waals surface area contributed by atoms with Gasteiger partial charge in [0, 0.05) is 56.0 Å². The molecule has 150 valence electrons. The van der Waals surface area contributed by atoms with Gasteiger partial charge < -0.3 is 19.9 Å². The molecule has 1 aromatic carbocycles. The first kappa shape index (κ1) is 20.8. The van der Waals surface area contributed by atoms with Gasteiger partial charge in [0.2, 0.25) is 0 Å². The monoisotopic (exact) mass is 410 g/mol. The Morgan fingerprint density at radius 2 is 1.96 bits per heavy atom. The number of hydrogen-bond donors (Lipinski definition) is 1. The molecule has 1 aromatic rings. The third-order valence-corrected chi connectivity index (χ3v) is 6.44. The molecule has 2 heterocycles. The lowest BCUT2D eigenvalue weighted by Gasteiger charge is -2.38. The van der Waals surface area contributed by atoms with Crippen molar-refractivity contribution in [3.63, 3.8) is 0 Å². The fourth-order valence-electron chi connectivity index (χ4n) is 3.69. The second-order valence-electron chi connectivity index (χ2n) is 7.55. The van der Waals surface area contributed by atoms with Gasteiger partial charge in [0.05, 0.1) is 13.2 Å². The predicted octanol–water partition coefficient (Wildman–Crippen LogP) is 3.07. The van der Waals surface area contributed by atoms with Crippen LogP contribution in [0.5, 0.6) is 0 Å². The van der Waals surface area contributed by atoms with E-state index in [1.54, 1.807) is 0 Å². The molecule has 0 bridgehead atoms. The quantitative estimate of drug-likeness (QED) is 0.751. The zero-order valence-corrected chi connectivity index (χ0v) is 18.0. The van der Waals surface area contributed by atoms with E-state index in [0.717, 1.165) is 86.7 Å². The molecule has 0 radical (unpaired) electrons. The summed E-state index contributed by atoms with van der Waals surface area (Å²) in [4.78, 5) is 7.29. The number of nitrogens with one attached hydrogen (secondary N) is 1. The van der Waals surface area contributed by atoms with E-state index < -0.39 is 0 Å².